The quantitative estimate of drug-likeness (QED) is 0.435. The summed E-state index contributed by atoms with van der Waals surface area (Å²) >= 11 is 0. The summed E-state index contributed by atoms with van der Waals surface area (Å²) in [5.41, 5.74) is 4.36. The number of halogens is 2. The van der Waals surface area contributed by atoms with Crippen LogP contribution >= 0.6 is 0 Å². The fourth-order valence-electron chi connectivity index (χ4n) is 3.55. The molecule has 6 heteroatoms. The number of carbonyl (C=O) groups is 1. The van der Waals surface area contributed by atoms with Crippen molar-refractivity contribution in [2.45, 2.75) is 20.0 Å². The highest BCUT2D eigenvalue weighted by Crippen LogP contribution is 2.32. The summed E-state index contributed by atoms with van der Waals surface area (Å²) < 4.78 is 32.5. The molecule has 1 amide bonds. The van der Waals surface area contributed by atoms with Crippen LogP contribution in [0.1, 0.15) is 28.4 Å². The molecule has 1 aliphatic heterocycles. The predicted molar refractivity (Wildman–Crippen MR) is 111 cm³/mol. The largest absolute Gasteiger partial charge is 0.465 e. The molecule has 0 saturated carbocycles. The Bertz CT molecular complexity index is 1080. The van der Waals surface area contributed by atoms with Gasteiger partial charge in [-0.1, -0.05) is 48.5 Å². The van der Waals surface area contributed by atoms with E-state index in [2.05, 4.69) is 17.1 Å². The molecule has 0 N–H and O–H groups in total. The summed E-state index contributed by atoms with van der Waals surface area (Å²) in [5.74, 6) is -2.80. The van der Waals surface area contributed by atoms with Crippen LogP contribution in [0.15, 0.2) is 71.7 Å². The number of nitrogens with zero attached hydrogens (tertiary/aromatic N) is 2. The standard InChI is InChI=1S/C24H20F2N2O2/c1-2-30-24(27-23(29)16-11-12-21(25)22(26)13-16)28-14-17-7-3-5-9-19(17)20-10-6-4-8-18(20)15-28/h3-13H,2,14-15H2,1H3. The van der Waals surface area contributed by atoms with E-state index in [-0.39, 0.29) is 11.6 Å². The maximum Gasteiger partial charge on any atom is 0.296 e. The number of fused-ring (bicyclic) bond motifs is 3. The first-order chi connectivity index (χ1) is 14.6. The summed E-state index contributed by atoms with van der Waals surface area (Å²) in [5, 5.41) is 0. The SMILES string of the molecule is CCOC(=NC(=O)c1ccc(F)c(F)c1)N1Cc2ccccc2-c2ccccc2C1. The lowest BCUT2D eigenvalue weighted by molar-refractivity contribution is 0.0992. The maximum atomic E-state index is 13.5. The molecule has 0 aromatic heterocycles. The summed E-state index contributed by atoms with van der Waals surface area (Å²) in [6.07, 6.45) is 0. The number of carbonyl (C=O) groups excluding carboxylic acids is 1. The number of rotatable bonds is 2. The van der Waals surface area contributed by atoms with Crippen molar-refractivity contribution < 1.29 is 18.3 Å². The fourth-order valence-corrected chi connectivity index (χ4v) is 3.55. The lowest BCUT2D eigenvalue weighted by atomic mass is 9.97. The minimum Gasteiger partial charge on any atom is -0.465 e. The number of benzene rings is 3. The van der Waals surface area contributed by atoms with E-state index < -0.39 is 17.5 Å². The topological polar surface area (TPSA) is 41.9 Å². The van der Waals surface area contributed by atoms with E-state index in [1.807, 2.05) is 41.3 Å². The van der Waals surface area contributed by atoms with Gasteiger partial charge in [0, 0.05) is 18.7 Å². The van der Waals surface area contributed by atoms with Gasteiger partial charge < -0.3 is 9.64 Å². The zero-order chi connectivity index (χ0) is 21.1. The van der Waals surface area contributed by atoms with Gasteiger partial charge in [0.2, 0.25) is 0 Å². The summed E-state index contributed by atoms with van der Waals surface area (Å²) in [7, 11) is 0. The Balaban J connectivity index is 1.73. The maximum absolute atomic E-state index is 13.5. The first kappa shape index (κ1) is 19.8. The number of aliphatic imine (C=N–C) groups is 1. The van der Waals surface area contributed by atoms with E-state index in [9.17, 15) is 13.6 Å². The van der Waals surface area contributed by atoms with E-state index in [0.717, 1.165) is 34.4 Å². The van der Waals surface area contributed by atoms with Gasteiger partial charge in [0.05, 0.1) is 6.61 Å². The van der Waals surface area contributed by atoms with Crippen molar-refractivity contribution in [2.24, 2.45) is 4.99 Å². The third kappa shape index (κ3) is 3.94. The normalized spacial score (nSPS) is 13.3. The van der Waals surface area contributed by atoms with Crippen LogP contribution in [0.3, 0.4) is 0 Å². The van der Waals surface area contributed by atoms with Gasteiger partial charge in [0.25, 0.3) is 11.9 Å². The van der Waals surface area contributed by atoms with Crippen LogP contribution in [-0.4, -0.2) is 23.4 Å². The lowest BCUT2D eigenvalue weighted by Crippen LogP contribution is -2.32. The summed E-state index contributed by atoms with van der Waals surface area (Å²) in [4.78, 5) is 18.6. The van der Waals surface area contributed by atoms with E-state index in [0.29, 0.717) is 19.7 Å². The van der Waals surface area contributed by atoms with Crippen molar-refractivity contribution in [1.82, 2.24) is 4.90 Å². The summed E-state index contributed by atoms with van der Waals surface area (Å²) in [6, 6.07) is 19.3. The van der Waals surface area contributed by atoms with Gasteiger partial charge in [0.15, 0.2) is 11.6 Å². The van der Waals surface area contributed by atoms with Crippen molar-refractivity contribution in [3.8, 4) is 11.1 Å². The molecule has 0 spiro atoms. The second-order valence-corrected chi connectivity index (χ2v) is 6.93. The molecule has 0 atom stereocenters. The first-order valence-corrected chi connectivity index (χ1v) is 9.69. The molecule has 0 fully saturated rings. The van der Waals surface area contributed by atoms with E-state index in [4.69, 9.17) is 4.74 Å². The molecule has 4 rings (SSSR count). The Morgan fingerprint density at radius 2 is 1.53 bits per heavy atom. The molecule has 0 bridgehead atoms. The molecule has 0 aliphatic carbocycles. The van der Waals surface area contributed by atoms with Gasteiger partial charge in [-0.3, -0.25) is 4.79 Å². The molecule has 3 aromatic carbocycles. The van der Waals surface area contributed by atoms with Gasteiger partial charge in [-0.15, -0.1) is 0 Å². The average Bonchev–Trinajstić information content (AvgIpc) is 2.92. The van der Waals surface area contributed by atoms with Crippen molar-refractivity contribution in [3.05, 3.63) is 95.1 Å². The molecule has 152 valence electrons. The molecule has 0 unspecified atom stereocenters. The highest BCUT2D eigenvalue weighted by molar-refractivity contribution is 6.01. The van der Waals surface area contributed by atoms with E-state index in [1.54, 1.807) is 6.92 Å². The van der Waals surface area contributed by atoms with Crippen molar-refractivity contribution in [3.63, 3.8) is 0 Å². The number of ether oxygens (including phenoxy) is 1. The second-order valence-electron chi connectivity index (χ2n) is 6.93. The zero-order valence-corrected chi connectivity index (χ0v) is 16.4. The monoisotopic (exact) mass is 406 g/mol. The molecule has 3 aromatic rings. The highest BCUT2D eigenvalue weighted by Gasteiger charge is 2.23. The molecule has 1 heterocycles. The zero-order valence-electron chi connectivity index (χ0n) is 16.4. The predicted octanol–water partition coefficient (Wildman–Crippen LogP) is 5.18. The summed E-state index contributed by atoms with van der Waals surface area (Å²) in [6.45, 7) is 3.10. The molecule has 1 aliphatic rings. The minimum atomic E-state index is -1.09. The molecule has 4 nitrogen and oxygen atoms in total. The van der Waals surface area contributed by atoms with Crippen LogP contribution in [0.2, 0.25) is 0 Å². The molecular formula is C24H20F2N2O2. The fraction of sp³-hybridized carbons (Fsp3) is 0.167. The molecule has 30 heavy (non-hydrogen) atoms. The van der Waals surface area contributed by atoms with Crippen LogP contribution in [0.25, 0.3) is 11.1 Å². The van der Waals surface area contributed by atoms with E-state index >= 15 is 0 Å². The number of hydrogen-bond donors (Lipinski definition) is 0. The van der Waals surface area contributed by atoms with Crippen LogP contribution in [0, 0.1) is 11.6 Å². The van der Waals surface area contributed by atoms with Gasteiger partial charge in [-0.25, -0.2) is 8.78 Å². The number of amidine groups is 1. The lowest BCUT2D eigenvalue weighted by Gasteiger charge is -2.24. The Hall–Kier alpha value is -3.54. The number of amides is 1. The van der Waals surface area contributed by atoms with Crippen LogP contribution in [0.5, 0.6) is 0 Å². The molecular weight excluding hydrogens is 386 g/mol. The third-order valence-electron chi connectivity index (χ3n) is 4.96. The van der Waals surface area contributed by atoms with Gasteiger partial charge in [-0.05, 0) is 47.4 Å². The Morgan fingerprint density at radius 1 is 0.933 bits per heavy atom. The molecule has 0 radical (unpaired) electrons. The van der Waals surface area contributed by atoms with Crippen LogP contribution in [-0.2, 0) is 17.8 Å². The highest BCUT2D eigenvalue weighted by atomic mass is 19.2. The average molecular weight is 406 g/mol. The van der Waals surface area contributed by atoms with Gasteiger partial charge in [0.1, 0.15) is 0 Å². The molecule has 0 saturated heterocycles. The third-order valence-corrected chi connectivity index (χ3v) is 4.96. The Kier molecular flexibility index (Phi) is 5.57. The van der Waals surface area contributed by atoms with E-state index in [1.165, 1.54) is 6.07 Å². The smallest absolute Gasteiger partial charge is 0.296 e. The minimum absolute atomic E-state index is 0.0401. The van der Waals surface area contributed by atoms with Crippen molar-refractivity contribution in [2.75, 3.05) is 6.61 Å². The van der Waals surface area contributed by atoms with Crippen molar-refractivity contribution in [1.29, 1.82) is 0 Å². The Labute approximate surface area is 173 Å². The van der Waals surface area contributed by atoms with Crippen LogP contribution in [0.4, 0.5) is 8.78 Å². The van der Waals surface area contributed by atoms with Gasteiger partial charge in [-0.2, -0.15) is 4.99 Å². The Morgan fingerprint density at radius 3 is 2.10 bits per heavy atom. The second kappa shape index (κ2) is 8.45. The first-order valence-electron chi connectivity index (χ1n) is 9.69. The van der Waals surface area contributed by atoms with Crippen LogP contribution < -0.4 is 0 Å². The number of hydrogen-bond acceptors (Lipinski definition) is 2. The van der Waals surface area contributed by atoms with Gasteiger partial charge >= 0.3 is 0 Å². The van der Waals surface area contributed by atoms with Crippen molar-refractivity contribution >= 4 is 11.9 Å².